The number of furan rings is 1. The molecule has 0 saturated carbocycles. The van der Waals surface area contributed by atoms with Gasteiger partial charge in [-0.05, 0) is 40.2 Å². The van der Waals surface area contributed by atoms with Crippen LogP contribution in [0.2, 0.25) is 0 Å². The quantitative estimate of drug-likeness (QED) is 0.813. The van der Waals surface area contributed by atoms with Gasteiger partial charge in [-0.3, -0.25) is 0 Å². The fourth-order valence-electron chi connectivity index (χ4n) is 1.25. The van der Waals surface area contributed by atoms with Gasteiger partial charge in [-0.15, -0.1) is 0 Å². The van der Waals surface area contributed by atoms with Crippen LogP contribution in [0, 0.1) is 0 Å². The molecule has 72 valence electrons. The van der Waals surface area contributed by atoms with Crippen molar-refractivity contribution in [1.82, 2.24) is 0 Å². The van der Waals surface area contributed by atoms with E-state index in [1.807, 2.05) is 36.4 Å². The monoisotopic (exact) mass is 252 g/mol. The molecule has 0 atom stereocenters. The minimum Gasteiger partial charge on any atom is -0.497 e. The maximum Gasteiger partial charge on any atom is 0.169 e. The van der Waals surface area contributed by atoms with E-state index in [1.54, 1.807) is 7.11 Å². The Labute approximate surface area is 90.6 Å². The third kappa shape index (κ3) is 1.82. The van der Waals surface area contributed by atoms with E-state index in [-0.39, 0.29) is 0 Å². The van der Waals surface area contributed by atoms with Gasteiger partial charge in [0.15, 0.2) is 4.67 Å². The van der Waals surface area contributed by atoms with Gasteiger partial charge >= 0.3 is 0 Å². The molecular formula is C11H9BrO2. The predicted octanol–water partition coefficient (Wildman–Crippen LogP) is 3.72. The molecule has 0 unspecified atom stereocenters. The maximum atomic E-state index is 5.43. The number of rotatable bonds is 2. The van der Waals surface area contributed by atoms with Crippen molar-refractivity contribution in [3.05, 3.63) is 41.1 Å². The zero-order valence-electron chi connectivity index (χ0n) is 7.66. The van der Waals surface area contributed by atoms with Crippen molar-refractivity contribution < 1.29 is 9.15 Å². The Balaban J connectivity index is 2.41. The standard InChI is InChI=1S/C11H9BrO2/c1-13-9-4-2-3-8(7-9)10-5-6-11(12)14-10/h2-7H,1H3. The third-order valence-electron chi connectivity index (χ3n) is 1.93. The SMILES string of the molecule is COc1cccc(-c2ccc(Br)o2)c1. The Kier molecular flexibility index (Phi) is 2.59. The molecule has 2 nitrogen and oxygen atoms in total. The summed E-state index contributed by atoms with van der Waals surface area (Å²) in [5.74, 6) is 1.66. The van der Waals surface area contributed by atoms with Gasteiger partial charge in [-0.1, -0.05) is 12.1 Å². The maximum absolute atomic E-state index is 5.43. The average Bonchev–Trinajstić information content (AvgIpc) is 2.65. The fraction of sp³-hybridized carbons (Fsp3) is 0.0909. The minimum absolute atomic E-state index is 0.732. The Hall–Kier alpha value is -1.22. The topological polar surface area (TPSA) is 22.4 Å². The summed E-state index contributed by atoms with van der Waals surface area (Å²) in [4.78, 5) is 0. The summed E-state index contributed by atoms with van der Waals surface area (Å²) < 4.78 is 11.3. The third-order valence-corrected chi connectivity index (χ3v) is 2.35. The first-order valence-electron chi connectivity index (χ1n) is 4.19. The first-order valence-corrected chi connectivity index (χ1v) is 4.98. The zero-order valence-corrected chi connectivity index (χ0v) is 9.24. The van der Waals surface area contributed by atoms with E-state index in [1.165, 1.54) is 0 Å². The van der Waals surface area contributed by atoms with Crippen LogP contribution in [-0.2, 0) is 0 Å². The first kappa shape index (κ1) is 9.34. The molecule has 0 radical (unpaired) electrons. The van der Waals surface area contributed by atoms with Gasteiger partial charge in [0.1, 0.15) is 11.5 Å². The summed E-state index contributed by atoms with van der Waals surface area (Å²) in [6.45, 7) is 0. The molecule has 0 aliphatic heterocycles. The summed E-state index contributed by atoms with van der Waals surface area (Å²) in [6.07, 6.45) is 0. The lowest BCUT2D eigenvalue weighted by atomic mass is 10.2. The van der Waals surface area contributed by atoms with Gasteiger partial charge in [0, 0.05) is 5.56 Å². The van der Waals surface area contributed by atoms with E-state index in [4.69, 9.17) is 9.15 Å². The van der Waals surface area contributed by atoms with Crippen LogP contribution in [-0.4, -0.2) is 7.11 Å². The first-order chi connectivity index (χ1) is 6.79. The van der Waals surface area contributed by atoms with Gasteiger partial charge in [0.25, 0.3) is 0 Å². The van der Waals surface area contributed by atoms with Crippen LogP contribution in [0.25, 0.3) is 11.3 Å². The van der Waals surface area contributed by atoms with Crippen molar-refractivity contribution in [2.24, 2.45) is 0 Å². The number of hydrogen-bond acceptors (Lipinski definition) is 2. The van der Waals surface area contributed by atoms with Crippen molar-refractivity contribution in [3.63, 3.8) is 0 Å². The second-order valence-corrected chi connectivity index (χ2v) is 3.62. The van der Waals surface area contributed by atoms with Crippen LogP contribution in [0.3, 0.4) is 0 Å². The van der Waals surface area contributed by atoms with Crippen molar-refractivity contribution in [2.75, 3.05) is 7.11 Å². The van der Waals surface area contributed by atoms with Gasteiger partial charge < -0.3 is 9.15 Å². The molecule has 0 amide bonds. The summed E-state index contributed by atoms with van der Waals surface area (Å²) in [6, 6.07) is 11.5. The normalized spacial score (nSPS) is 10.1. The highest BCUT2D eigenvalue weighted by Crippen LogP contribution is 2.27. The highest BCUT2D eigenvalue weighted by Gasteiger charge is 2.03. The molecule has 0 fully saturated rings. The molecule has 14 heavy (non-hydrogen) atoms. The predicted molar refractivity (Wildman–Crippen MR) is 58.4 cm³/mol. The van der Waals surface area contributed by atoms with Gasteiger partial charge in [-0.2, -0.15) is 0 Å². The lowest BCUT2D eigenvalue weighted by molar-refractivity contribution is 0.415. The zero-order chi connectivity index (χ0) is 9.97. The molecule has 0 saturated heterocycles. The number of halogens is 1. The lowest BCUT2D eigenvalue weighted by Crippen LogP contribution is -1.82. The van der Waals surface area contributed by atoms with E-state index >= 15 is 0 Å². The van der Waals surface area contributed by atoms with Crippen LogP contribution in [0.4, 0.5) is 0 Å². The Morgan fingerprint density at radius 1 is 1.21 bits per heavy atom. The molecule has 0 aliphatic rings. The molecule has 1 heterocycles. The molecule has 2 rings (SSSR count). The van der Waals surface area contributed by atoms with Crippen LogP contribution in [0.1, 0.15) is 0 Å². The van der Waals surface area contributed by atoms with Crippen LogP contribution in [0.5, 0.6) is 5.75 Å². The summed E-state index contributed by atoms with van der Waals surface area (Å²) in [7, 11) is 1.65. The smallest absolute Gasteiger partial charge is 0.169 e. The molecule has 0 N–H and O–H groups in total. The lowest BCUT2D eigenvalue weighted by Gasteiger charge is -2.01. The van der Waals surface area contributed by atoms with E-state index in [9.17, 15) is 0 Å². The molecule has 1 aromatic carbocycles. The summed E-state index contributed by atoms with van der Waals surface area (Å²) in [5, 5.41) is 0. The highest BCUT2D eigenvalue weighted by molar-refractivity contribution is 9.10. The van der Waals surface area contributed by atoms with Gasteiger partial charge in [0.2, 0.25) is 0 Å². The highest BCUT2D eigenvalue weighted by atomic mass is 79.9. The Morgan fingerprint density at radius 3 is 2.71 bits per heavy atom. The van der Waals surface area contributed by atoms with Crippen molar-refractivity contribution in [1.29, 1.82) is 0 Å². The van der Waals surface area contributed by atoms with Crippen LogP contribution < -0.4 is 4.74 Å². The van der Waals surface area contributed by atoms with Crippen LogP contribution >= 0.6 is 15.9 Å². The van der Waals surface area contributed by atoms with E-state index < -0.39 is 0 Å². The van der Waals surface area contributed by atoms with Crippen LogP contribution in [0.15, 0.2) is 45.5 Å². The largest absolute Gasteiger partial charge is 0.497 e. The van der Waals surface area contributed by atoms with Gasteiger partial charge in [-0.25, -0.2) is 0 Å². The van der Waals surface area contributed by atoms with E-state index in [2.05, 4.69) is 15.9 Å². The molecule has 0 bridgehead atoms. The second-order valence-electron chi connectivity index (χ2n) is 2.84. The number of methoxy groups -OCH3 is 1. The van der Waals surface area contributed by atoms with Crippen molar-refractivity contribution in [2.45, 2.75) is 0 Å². The molecular weight excluding hydrogens is 244 g/mol. The van der Waals surface area contributed by atoms with Crippen molar-refractivity contribution >= 4 is 15.9 Å². The fourth-order valence-corrected chi connectivity index (χ4v) is 1.55. The second kappa shape index (κ2) is 3.88. The average molecular weight is 253 g/mol. The molecule has 1 aromatic heterocycles. The Bertz CT molecular complexity index is 434. The molecule has 2 aromatic rings. The van der Waals surface area contributed by atoms with Gasteiger partial charge in [0.05, 0.1) is 7.11 Å². The summed E-state index contributed by atoms with van der Waals surface area (Å²) >= 11 is 3.27. The minimum atomic E-state index is 0.732. The van der Waals surface area contributed by atoms with E-state index in [0.29, 0.717) is 0 Å². The molecule has 3 heteroatoms. The molecule has 0 aliphatic carbocycles. The van der Waals surface area contributed by atoms with Crippen molar-refractivity contribution in [3.8, 4) is 17.1 Å². The molecule has 0 spiro atoms. The summed E-state index contributed by atoms with van der Waals surface area (Å²) in [5.41, 5.74) is 1.01. The number of ether oxygens (including phenoxy) is 1. The number of benzene rings is 1. The Morgan fingerprint density at radius 2 is 2.07 bits per heavy atom. The van der Waals surface area contributed by atoms with E-state index in [0.717, 1.165) is 21.7 Å². The number of hydrogen-bond donors (Lipinski definition) is 0.